The molecule has 1 atom stereocenters. The summed E-state index contributed by atoms with van der Waals surface area (Å²) in [5.74, 6) is 0.134. The van der Waals surface area contributed by atoms with E-state index in [9.17, 15) is 9.59 Å². The van der Waals surface area contributed by atoms with Crippen molar-refractivity contribution in [1.29, 1.82) is 0 Å². The summed E-state index contributed by atoms with van der Waals surface area (Å²) in [6, 6.07) is 0. The van der Waals surface area contributed by atoms with Gasteiger partial charge in [-0.1, -0.05) is 0 Å². The van der Waals surface area contributed by atoms with Crippen LogP contribution in [0.2, 0.25) is 0 Å². The first kappa shape index (κ1) is 15.5. The molecule has 3 aliphatic rings. The number of piperazine rings is 1. The van der Waals surface area contributed by atoms with E-state index in [1.54, 1.807) is 4.90 Å². The minimum absolute atomic E-state index is 0. The Morgan fingerprint density at radius 2 is 1.70 bits per heavy atom. The highest BCUT2D eigenvalue weighted by atomic mass is 35.5. The van der Waals surface area contributed by atoms with Crippen molar-refractivity contribution in [2.45, 2.75) is 37.3 Å². The van der Waals surface area contributed by atoms with Crippen LogP contribution in [0.25, 0.3) is 0 Å². The first-order valence-electron chi connectivity index (χ1n) is 7.09. The average molecular weight is 304 g/mol. The molecular formula is C13H22ClN3O3. The first-order chi connectivity index (χ1) is 9.10. The molecule has 20 heavy (non-hydrogen) atoms. The van der Waals surface area contributed by atoms with Crippen molar-refractivity contribution in [2.75, 3.05) is 32.8 Å². The van der Waals surface area contributed by atoms with Gasteiger partial charge in [0.05, 0.1) is 5.54 Å². The summed E-state index contributed by atoms with van der Waals surface area (Å²) in [5.41, 5.74) is 5.33. The van der Waals surface area contributed by atoms with Crippen LogP contribution < -0.4 is 5.73 Å². The standard InChI is InChI=1S/C13H21N3O3.ClH/c14-13(3-4-13)12(18)16-7-5-15(6-8-16)11(17)10-2-1-9-19-10;/h10H,1-9,14H2;1H. The Labute approximate surface area is 125 Å². The molecule has 3 fully saturated rings. The second-order valence-corrected chi connectivity index (χ2v) is 5.78. The number of carbonyl (C=O) groups excluding carboxylic acids is 2. The molecule has 1 aliphatic carbocycles. The van der Waals surface area contributed by atoms with Gasteiger partial charge in [0.15, 0.2) is 0 Å². The van der Waals surface area contributed by atoms with Gasteiger partial charge >= 0.3 is 0 Å². The largest absolute Gasteiger partial charge is 0.368 e. The molecule has 2 N–H and O–H groups in total. The van der Waals surface area contributed by atoms with Crippen LogP contribution in [0, 0.1) is 0 Å². The normalized spacial score (nSPS) is 27.9. The van der Waals surface area contributed by atoms with E-state index in [0.29, 0.717) is 32.8 Å². The number of halogens is 1. The monoisotopic (exact) mass is 303 g/mol. The molecule has 0 aromatic rings. The van der Waals surface area contributed by atoms with E-state index < -0.39 is 5.54 Å². The fraction of sp³-hybridized carbons (Fsp3) is 0.846. The molecule has 0 bridgehead atoms. The van der Waals surface area contributed by atoms with Crippen molar-refractivity contribution < 1.29 is 14.3 Å². The summed E-state index contributed by atoms with van der Waals surface area (Å²) in [7, 11) is 0. The van der Waals surface area contributed by atoms with Crippen LogP contribution in [-0.4, -0.2) is 66.0 Å². The predicted molar refractivity (Wildman–Crippen MR) is 75.5 cm³/mol. The zero-order valence-corrected chi connectivity index (χ0v) is 12.4. The summed E-state index contributed by atoms with van der Waals surface area (Å²) in [6.45, 7) is 3.07. The number of ether oxygens (including phenoxy) is 1. The van der Waals surface area contributed by atoms with Gasteiger partial charge in [0.25, 0.3) is 5.91 Å². The van der Waals surface area contributed by atoms with Crippen LogP contribution in [-0.2, 0) is 14.3 Å². The number of nitrogens with zero attached hydrogens (tertiary/aromatic N) is 2. The fourth-order valence-corrected chi connectivity index (χ4v) is 2.77. The molecule has 3 rings (SSSR count). The summed E-state index contributed by atoms with van der Waals surface area (Å²) >= 11 is 0. The van der Waals surface area contributed by atoms with E-state index >= 15 is 0 Å². The van der Waals surface area contributed by atoms with Gasteiger partial charge in [-0.3, -0.25) is 9.59 Å². The third kappa shape index (κ3) is 2.92. The molecule has 2 amide bonds. The fourth-order valence-electron chi connectivity index (χ4n) is 2.77. The first-order valence-corrected chi connectivity index (χ1v) is 7.09. The van der Waals surface area contributed by atoms with E-state index in [2.05, 4.69) is 0 Å². The van der Waals surface area contributed by atoms with Crippen LogP contribution in [0.15, 0.2) is 0 Å². The van der Waals surface area contributed by atoms with Crippen molar-refractivity contribution in [3.63, 3.8) is 0 Å². The van der Waals surface area contributed by atoms with Crippen molar-refractivity contribution in [1.82, 2.24) is 9.80 Å². The van der Waals surface area contributed by atoms with Crippen LogP contribution in [0.5, 0.6) is 0 Å². The highest BCUT2D eigenvalue weighted by molar-refractivity contribution is 5.89. The molecule has 7 heteroatoms. The third-order valence-electron chi connectivity index (χ3n) is 4.30. The molecule has 6 nitrogen and oxygen atoms in total. The van der Waals surface area contributed by atoms with Gasteiger partial charge in [-0.15, -0.1) is 12.4 Å². The Bertz CT molecular complexity index is 386. The molecule has 2 heterocycles. The van der Waals surface area contributed by atoms with Crippen molar-refractivity contribution in [3.05, 3.63) is 0 Å². The molecule has 0 spiro atoms. The van der Waals surface area contributed by atoms with Gasteiger partial charge in [-0.05, 0) is 25.7 Å². The Balaban J connectivity index is 0.00000147. The van der Waals surface area contributed by atoms with Gasteiger partial charge in [-0.2, -0.15) is 0 Å². The number of nitrogens with two attached hydrogens (primary N) is 1. The maximum Gasteiger partial charge on any atom is 0.251 e. The summed E-state index contributed by atoms with van der Waals surface area (Å²) in [6.07, 6.45) is 3.11. The van der Waals surface area contributed by atoms with E-state index in [4.69, 9.17) is 10.5 Å². The minimum Gasteiger partial charge on any atom is -0.368 e. The van der Waals surface area contributed by atoms with Gasteiger partial charge in [-0.25, -0.2) is 0 Å². The van der Waals surface area contributed by atoms with Gasteiger partial charge in [0.1, 0.15) is 6.10 Å². The quantitative estimate of drug-likeness (QED) is 0.763. The highest BCUT2D eigenvalue weighted by Gasteiger charge is 2.48. The Hall–Kier alpha value is -0.850. The van der Waals surface area contributed by atoms with Gasteiger partial charge in [0.2, 0.25) is 5.91 Å². The second kappa shape index (κ2) is 5.87. The van der Waals surface area contributed by atoms with Crippen LogP contribution >= 0.6 is 12.4 Å². The Kier molecular flexibility index (Phi) is 4.56. The maximum absolute atomic E-state index is 12.2. The molecular weight excluding hydrogens is 282 g/mol. The summed E-state index contributed by atoms with van der Waals surface area (Å²) in [4.78, 5) is 27.9. The molecule has 0 aromatic carbocycles. The number of hydrogen-bond acceptors (Lipinski definition) is 4. The average Bonchev–Trinajstić information content (AvgIpc) is 2.97. The lowest BCUT2D eigenvalue weighted by atomic mass is 10.2. The molecule has 0 radical (unpaired) electrons. The molecule has 0 aromatic heterocycles. The van der Waals surface area contributed by atoms with Gasteiger partial charge in [0, 0.05) is 32.8 Å². The zero-order valence-electron chi connectivity index (χ0n) is 11.5. The van der Waals surface area contributed by atoms with E-state index in [1.807, 2.05) is 4.90 Å². The third-order valence-corrected chi connectivity index (χ3v) is 4.30. The number of amides is 2. The Morgan fingerprint density at radius 3 is 2.20 bits per heavy atom. The Morgan fingerprint density at radius 1 is 1.10 bits per heavy atom. The van der Waals surface area contributed by atoms with Crippen molar-refractivity contribution >= 4 is 24.2 Å². The topological polar surface area (TPSA) is 75.9 Å². The molecule has 1 unspecified atom stereocenters. The smallest absolute Gasteiger partial charge is 0.251 e. The highest BCUT2D eigenvalue weighted by Crippen LogP contribution is 2.34. The summed E-state index contributed by atoms with van der Waals surface area (Å²) in [5, 5.41) is 0. The lowest BCUT2D eigenvalue weighted by molar-refractivity contribution is -0.146. The van der Waals surface area contributed by atoms with Gasteiger partial charge < -0.3 is 20.3 Å². The molecule has 2 saturated heterocycles. The van der Waals surface area contributed by atoms with Crippen LogP contribution in [0.4, 0.5) is 0 Å². The number of rotatable bonds is 2. The maximum atomic E-state index is 12.2. The SMILES string of the molecule is Cl.NC1(C(=O)N2CCN(C(=O)C3CCCO3)CC2)CC1. The number of carbonyl (C=O) groups is 2. The van der Waals surface area contributed by atoms with E-state index in [-0.39, 0.29) is 30.3 Å². The van der Waals surface area contributed by atoms with E-state index in [1.165, 1.54) is 0 Å². The second-order valence-electron chi connectivity index (χ2n) is 5.78. The van der Waals surface area contributed by atoms with Crippen LogP contribution in [0.3, 0.4) is 0 Å². The molecule has 2 aliphatic heterocycles. The van der Waals surface area contributed by atoms with Crippen molar-refractivity contribution in [3.8, 4) is 0 Å². The predicted octanol–water partition coefficient (Wildman–Crippen LogP) is -0.251. The minimum atomic E-state index is -0.596. The molecule has 114 valence electrons. The van der Waals surface area contributed by atoms with E-state index in [0.717, 1.165) is 25.7 Å². The number of hydrogen-bond donors (Lipinski definition) is 1. The molecule has 1 saturated carbocycles. The van der Waals surface area contributed by atoms with Crippen molar-refractivity contribution in [2.24, 2.45) is 5.73 Å². The lowest BCUT2D eigenvalue weighted by Crippen LogP contribution is -2.56. The lowest BCUT2D eigenvalue weighted by Gasteiger charge is -2.36. The zero-order chi connectivity index (χ0) is 13.5. The summed E-state index contributed by atoms with van der Waals surface area (Å²) < 4.78 is 5.41. The van der Waals surface area contributed by atoms with Crippen LogP contribution in [0.1, 0.15) is 25.7 Å².